The molecule has 0 aliphatic carbocycles. The van der Waals surface area contributed by atoms with Crippen LogP contribution in [0.2, 0.25) is 0 Å². The first-order chi connectivity index (χ1) is 10.8. The van der Waals surface area contributed by atoms with E-state index in [4.69, 9.17) is 9.97 Å². The van der Waals surface area contributed by atoms with Crippen LogP contribution in [0.4, 0.5) is 5.82 Å². The Kier molecular flexibility index (Phi) is 5.26. The molecule has 1 aromatic heterocycles. The van der Waals surface area contributed by atoms with Crippen molar-refractivity contribution in [1.82, 2.24) is 15.3 Å². The second-order valence-corrected chi connectivity index (χ2v) is 6.58. The van der Waals surface area contributed by atoms with Gasteiger partial charge < -0.3 is 15.3 Å². The van der Waals surface area contributed by atoms with Crippen molar-refractivity contribution < 1.29 is 5.11 Å². The minimum absolute atomic E-state index is 0.256. The lowest BCUT2D eigenvalue weighted by Gasteiger charge is -2.37. The predicted octanol–water partition coefficient (Wildman–Crippen LogP) is 1.99. The van der Waals surface area contributed by atoms with Gasteiger partial charge in [-0.2, -0.15) is 0 Å². The van der Waals surface area contributed by atoms with Crippen LogP contribution in [0, 0.1) is 6.92 Å². The van der Waals surface area contributed by atoms with Gasteiger partial charge in [-0.25, -0.2) is 9.97 Å². The largest absolute Gasteiger partial charge is 0.396 e. The summed E-state index contributed by atoms with van der Waals surface area (Å²) >= 11 is 0. The molecule has 2 fully saturated rings. The van der Waals surface area contributed by atoms with Crippen molar-refractivity contribution in [1.29, 1.82) is 0 Å². The fourth-order valence-electron chi connectivity index (χ4n) is 3.80. The number of nitrogens with one attached hydrogen (secondary N) is 1. The van der Waals surface area contributed by atoms with E-state index in [0.717, 1.165) is 57.0 Å². The van der Waals surface area contributed by atoms with Crippen LogP contribution >= 0.6 is 0 Å². The van der Waals surface area contributed by atoms with Gasteiger partial charge in [0.05, 0.1) is 0 Å². The number of aliphatic hydroxyl groups excluding tert-OH is 1. The summed E-state index contributed by atoms with van der Waals surface area (Å²) in [5.74, 6) is 2.50. The molecule has 22 heavy (non-hydrogen) atoms. The third-order valence-corrected chi connectivity index (χ3v) is 4.99. The number of hydrogen-bond acceptors (Lipinski definition) is 5. The molecule has 2 aliphatic heterocycles. The second kappa shape index (κ2) is 7.38. The monoisotopic (exact) mass is 304 g/mol. The maximum Gasteiger partial charge on any atom is 0.132 e. The third kappa shape index (κ3) is 3.58. The number of aromatic nitrogens is 2. The lowest BCUT2D eigenvalue weighted by molar-refractivity contribution is 0.262. The number of aryl methyl sites for hydroxylation is 1. The van der Waals surface area contributed by atoms with Crippen LogP contribution in [-0.4, -0.2) is 47.4 Å². The van der Waals surface area contributed by atoms with Gasteiger partial charge in [-0.3, -0.25) is 0 Å². The zero-order valence-corrected chi connectivity index (χ0v) is 13.6. The molecule has 5 nitrogen and oxygen atoms in total. The Morgan fingerprint density at radius 2 is 2.05 bits per heavy atom. The summed E-state index contributed by atoms with van der Waals surface area (Å²) in [6.45, 7) is 5.47. The number of piperidine rings is 2. The van der Waals surface area contributed by atoms with Gasteiger partial charge in [-0.1, -0.05) is 0 Å². The molecule has 0 aromatic carbocycles. The van der Waals surface area contributed by atoms with E-state index in [1.165, 1.54) is 18.5 Å². The number of aliphatic hydroxyl groups is 1. The molecular formula is C17H28N4O. The van der Waals surface area contributed by atoms with E-state index in [2.05, 4.69) is 16.3 Å². The number of hydrogen-bond donors (Lipinski definition) is 2. The molecule has 1 unspecified atom stereocenters. The van der Waals surface area contributed by atoms with Gasteiger partial charge in [0.2, 0.25) is 0 Å². The van der Waals surface area contributed by atoms with Gasteiger partial charge >= 0.3 is 0 Å². The van der Waals surface area contributed by atoms with Crippen molar-refractivity contribution in [2.75, 3.05) is 31.1 Å². The highest BCUT2D eigenvalue weighted by atomic mass is 16.3. The van der Waals surface area contributed by atoms with Gasteiger partial charge in [0, 0.05) is 36.9 Å². The first kappa shape index (κ1) is 15.7. The van der Waals surface area contributed by atoms with Gasteiger partial charge in [-0.15, -0.1) is 0 Å². The summed E-state index contributed by atoms with van der Waals surface area (Å²) < 4.78 is 0. The molecule has 0 amide bonds. The fourth-order valence-corrected chi connectivity index (χ4v) is 3.80. The minimum atomic E-state index is 0.256. The molecule has 0 bridgehead atoms. The molecule has 3 heterocycles. The zero-order valence-electron chi connectivity index (χ0n) is 13.6. The van der Waals surface area contributed by atoms with Crippen molar-refractivity contribution >= 4 is 5.82 Å². The SMILES string of the molecule is Cc1nc(C2CCNCC2)cc(N2CCCCC2CCO)n1. The van der Waals surface area contributed by atoms with Crippen molar-refractivity contribution in [2.24, 2.45) is 0 Å². The molecule has 1 atom stereocenters. The Morgan fingerprint density at radius 1 is 1.23 bits per heavy atom. The van der Waals surface area contributed by atoms with Crippen LogP contribution in [-0.2, 0) is 0 Å². The number of rotatable bonds is 4. The van der Waals surface area contributed by atoms with Crippen LogP contribution in [0.25, 0.3) is 0 Å². The second-order valence-electron chi connectivity index (χ2n) is 6.58. The molecule has 5 heteroatoms. The van der Waals surface area contributed by atoms with Gasteiger partial charge in [0.15, 0.2) is 0 Å². The highest BCUT2D eigenvalue weighted by Crippen LogP contribution is 2.29. The van der Waals surface area contributed by atoms with E-state index < -0.39 is 0 Å². The van der Waals surface area contributed by atoms with Gasteiger partial charge in [0.25, 0.3) is 0 Å². The lowest BCUT2D eigenvalue weighted by atomic mass is 9.94. The van der Waals surface area contributed by atoms with Crippen LogP contribution in [0.1, 0.15) is 56.0 Å². The van der Waals surface area contributed by atoms with Crippen molar-refractivity contribution in [2.45, 2.75) is 57.4 Å². The van der Waals surface area contributed by atoms with E-state index >= 15 is 0 Å². The zero-order chi connectivity index (χ0) is 15.4. The molecule has 2 aliphatic rings. The summed E-state index contributed by atoms with van der Waals surface area (Å²) in [7, 11) is 0. The molecule has 2 N–H and O–H groups in total. The summed E-state index contributed by atoms with van der Waals surface area (Å²) in [5, 5.41) is 12.7. The molecule has 0 saturated carbocycles. The summed E-state index contributed by atoms with van der Waals surface area (Å²) in [6.07, 6.45) is 6.80. The Balaban J connectivity index is 1.84. The number of nitrogens with zero attached hydrogens (tertiary/aromatic N) is 3. The normalized spacial score (nSPS) is 23.7. The first-order valence-electron chi connectivity index (χ1n) is 8.71. The summed E-state index contributed by atoms with van der Waals surface area (Å²) in [6, 6.07) is 2.63. The molecule has 1 aromatic rings. The fraction of sp³-hybridized carbons (Fsp3) is 0.765. The average Bonchev–Trinajstić information content (AvgIpc) is 2.56. The van der Waals surface area contributed by atoms with E-state index in [-0.39, 0.29) is 6.61 Å². The average molecular weight is 304 g/mol. The third-order valence-electron chi connectivity index (χ3n) is 4.99. The van der Waals surface area contributed by atoms with Crippen molar-refractivity contribution in [3.05, 3.63) is 17.6 Å². The highest BCUT2D eigenvalue weighted by Gasteiger charge is 2.25. The van der Waals surface area contributed by atoms with Crippen LogP contribution < -0.4 is 10.2 Å². The predicted molar refractivity (Wildman–Crippen MR) is 88.3 cm³/mol. The smallest absolute Gasteiger partial charge is 0.132 e. The number of anilines is 1. The van der Waals surface area contributed by atoms with E-state index in [1.807, 2.05) is 6.92 Å². The summed E-state index contributed by atoms with van der Waals surface area (Å²) in [4.78, 5) is 11.8. The summed E-state index contributed by atoms with van der Waals surface area (Å²) in [5.41, 5.74) is 1.21. The van der Waals surface area contributed by atoms with Crippen molar-refractivity contribution in [3.63, 3.8) is 0 Å². The van der Waals surface area contributed by atoms with E-state index in [0.29, 0.717) is 12.0 Å². The molecule has 2 saturated heterocycles. The highest BCUT2D eigenvalue weighted by molar-refractivity contribution is 5.42. The van der Waals surface area contributed by atoms with Gasteiger partial charge in [-0.05, 0) is 58.5 Å². The molecule has 122 valence electrons. The van der Waals surface area contributed by atoms with E-state index in [1.54, 1.807) is 0 Å². The standard InChI is InChI=1S/C17H28N4O/c1-13-19-16(14-5-8-18-9-6-14)12-17(20-13)21-10-3-2-4-15(21)7-11-22/h12,14-15,18,22H,2-11H2,1H3. The van der Waals surface area contributed by atoms with Crippen LogP contribution in [0.5, 0.6) is 0 Å². The Labute approximate surface area is 133 Å². The first-order valence-corrected chi connectivity index (χ1v) is 8.71. The lowest BCUT2D eigenvalue weighted by Crippen LogP contribution is -2.41. The molecule has 0 radical (unpaired) electrons. The van der Waals surface area contributed by atoms with Crippen LogP contribution in [0.3, 0.4) is 0 Å². The Hall–Kier alpha value is -1.20. The maximum absolute atomic E-state index is 9.33. The topological polar surface area (TPSA) is 61.3 Å². The Bertz CT molecular complexity index is 486. The van der Waals surface area contributed by atoms with Gasteiger partial charge in [0.1, 0.15) is 11.6 Å². The Morgan fingerprint density at radius 3 is 2.82 bits per heavy atom. The van der Waals surface area contributed by atoms with Crippen LogP contribution in [0.15, 0.2) is 6.07 Å². The minimum Gasteiger partial charge on any atom is -0.396 e. The van der Waals surface area contributed by atoms with Crippen molar-refractivity contribution in [3.8, 4) is 0 Å². The quantitative estimate of drug-likeness (QED) is 0.891. The molecule has 0 spiro atoms. The maximum atomic E-state index is 9.33. The van der Waals surface area contributed by atoms with E-state index in [9.17, 15) is 5.11 Å². The molecular weight excluding hydrogens is 276 g/mol. The molecule has 3 rings (SSSR count).